The molecule has 11 heteroatoms. The van der Waals surface area contributed by atoms with E-state index in [-0.39, 0.29) is 27.1 Å². The van der Waals surface area contributed by atoms with Gasteiger partial charge in [-0.3, -0.25) is 4.79 Å². The lowest BCUT2D eigenvalue weighted by Crippen LogP contribution is -2.44. The number of nitriles is 1. The number of ether oxygens (including phenoxy) is 1. The van der Waals surface area contributed by atoms with Crippen LogP contribution >= 0.6 is 23.2 Å². The van der Waals surface area contributed by atoms with Gasteiger partial charge >= 0.3 is 5.97 Å². The molecule has 3 aromatic rings. The second-order valence-corrected chi connectivity index (χ2v) is 11.6. The lowest BCUT2D eigenvalue weighted by atomic mass is 9.64. The van der Waals surface area contributed by atoms with Gasteiger partial charge in [0.25, 0.3) is 0 Å². The Labute approximate surface area is 248 Å². The predicted molar refractivity (Wildman–Crippen MR) is 155 cm³/mol. The molecule has 41 heavy (non-hydrogen) atoms. The molecule has 218 valence electrons. The van der Waals surface area contributed by atoms with Crippen molar-refractivity contribution in [1.29, 1.82) is 5.26 Å². The zero-order valence-corrected chi connectivity index (χ0v) is 24.7. The Morgan fingerprint density at radius 2 is 1.95 bits per heavy atom. The number of aromatic amines is 1. The molecule has 2 heterocycles. The molecule has 0 bridgehead atoms. The van der Waals surface area contributed by atoms with E-state index in [9.17, 15) is 19.2 Å². The van der Waals surface area contributed by atoms with Crippen LogP contribution in [0.2, 0.25) is 10.0 Å². The first kappa shape index (κ1) is 32.1. The zero-order valence-electron chi connectivity index (χ0n) is 23.2. The van der Waals surface area contributed by atoms with Gasteiger partial charge in [-0.15, -0.1) is 0 Å². The maximum atomic E-state index is 15.0. The highest BCUT2D eigenvalue weighted by Crippen LogP contribution is 2.50. The highest BCUT2D eigenvalue weighted by atomic mass is 35.5. The molecule has 0 saturated carbocycles. The van der Waals surface area contributed by atoms with Crippen molar-refractivity contribution in [2.45, 2.75) is 51.5 Å². The Hall–Kier alpha value is -3.45. The van der Waals surface area contributed by atoms with Crippen molar-refractivity contribution in [3.8, 4) is 6.07 Å². The minimum atomic E-state index is -1.30. The van der Waals surface area contributed by atoms with Gasteiger partial charge in [0.1, 0.15) is 28.6 Å². The molecule has 2 unspecified atom stereocenters. The van der Waals surface area contributed by atoms with E-state index in [0.29, 0.717) is 43.1 Å². The van der Waals surface area contributed by atoms with Gasteiger partial charge in [0.2, 0.25) is 6.41 Å². The van der Waals surface area contributed by atoms with E-state index in [2.05, 4.69) is 42.5 Å². The number of esters is 1. The van der Waals surface area contributed by atoms with Crippen molar-refractivity contribution in [3.63, 3.8) is 0 Å². The number of H-pyrrole nitrogens is 1. The Kier molecular flexibility index (Phi) is 10.5. The van der Waals surface area contributed by atoms with Gasteiger partial charge in [-0.1, -0.05) is 62.2 Å². The largest absolute Gasteiger partial charge is 0.461 e. The van der Waals surface area contributed by atoms with Crippen LogP contribution in [0.15, 0.2) is 48.5 Å². The van der Waals surface area contributed by atoms with Crippen molar-refractivity contribution < 1.29 is 23.1 Å². The normalized spacial score (nSPS) is 20.0. The van der Waals surface area contributed by atoms with E-state index >= 15 is 4.39 Å². The van der Waals surface area contributed by atoms with Gasteiger partial charge in [0.05, 0.1) is 17.7 Å². The SMILES string of the molecule is CC(C)(C)CC1NCC(c2cccc(Cl)c2F)[C@@]1(C#N)c1ccc(Cl)cc1F.CCOC(=O)c1ccc(NC=O)[nH]1. The van der Waals surface area contributed by atoms with E-state index in [1.165, 1.54) is 12.1 Å². The molecule has 0 radical (unpaired) electrons. The molecule has 7 nitrogen and oxygen atoms in total. The highest BCUT2D eigenvalue weighted by molar-refractivity contribution is 6.31. The van der Waals surface area contributed by atoms with Crippen molar-refractivity contribution in [1.82, 2.24) is 10.3 Å². The molecule has 1 aliphatic heterocycles. The minimum Gasteiger partial charge on any atom is -0.461 e. The molecule has 1 saturated heterocycles. The average Bonchev–Trinajstić information content (AvgIpc) is 3.51. The molecule has 1 fully saturated rings. The maximum absolute atomic E-state index is 15.0. The Morgan fingerprint density at radius 1 is 1.22 bits per heavy atom. The van der Waals surface area contributed by atoms with Gasteiger partial charge < -0.3 is 20.4 Å². The third-order valence-corrected chi connectivity index (χ3v) is 7.33. The predicted octanol–water partition coefficient (Wildman–Crippen LogP) is 6.98. The lowest BCUT2D eigenvalue weighted by Gasteiger charge is -2.37. The topological polar surface area (TPSA) is 107 Å². The van der Waals surface area contributed by atoms with Gasteiger partial charge in [0, 0.05) is 29.1 Å². The molecule has 2 aromatic carbocycles. The number of hydrogen-bond acceptors (Lipinski definition) is 5. The van der Waals surface area contributed by atoms with Crippen LogP contribution < -0.4 is 10.6 Å². The summed E-state index contributed by atoms with van der Waals surface area (Å²) in [6.45, 7) is 8.57. The van der Waals surface area contributed by atoms with Crippen molar-refractivity contribution >= 4 is 41.4 Å². The zero-order chi connectivity index (χ0) is 30.4. The molecule has 4 rings (SSSR count). The van der Waals surface area contributed by atoms with E-state index in [1.807, 2.05) is 0 Å². The smallest absolute Gasteiger partial charge is 0.354 e. The van der Waals surface area contributed by atoms with Crippen LogP contribution in [0.1, 0.15) is 61.6 Å². The van der Waals surface area contributed by atoms with E-state index in [4.69, 9.17) is 27.9 Å². The van der Waals surface area contributed by atoms with Crippen LogP contribution in [0.3, 0.4) is 0 Å². The summed E-state index contributed by atoms with van der Waals surface area (Å²) < 4.78 is 34.7. The quantitative estimate of drug-likeness (QED) is 0.199. The number of nitrogens with one attached hydrogen (secondary N) is 3. The minimum absolute atomic E-state index is 0.0137. The second-order valence-electron chi connectivity index (χ2n) is 10.8. The molecule has 1 aliphatic rings. The maximum Gasteiger partial charge on any atom is 0.354 e. The molecule has 3 atom stereocenters. The Balaban J connectivity index is 0.000000298. The fraction of sp³-hybridized carbons (Fsp3) is 0.367. The number of carbonyl (C=O) groups excluding carboxylic acids is 2. The summed E-state index contributed by atoms with van der Waals surface area (Å²) in [7, 11) is 0. The van der Waals surface area contributed by atoms with Gasteiger partial charge in [-0.2, -0.15) is 5.26 Å². The van der Waals surface area contributed by atoms with Crippen LogP contribution in [0.25, 0.3) is 0 Å². The van der Waals surface area contributed by atoms with Crippen molar-refractivity contribution in [2.24, 2.45) is 5.41 Å². The number of rotatable bonds is 7. The van der Waals surface area contributed by atoms with Gasteiger partial charge in [0.15, 0.2) is 0 Å². The molecule has 3 N–H and O–H groups in total. The van der Waals surface area contributed by atoms with E-state index in [0.717, 1.165) is 0 Å². The summed E-state index contributed by atoms with van der Waals surface area (Å²) in [6, 6.07) is 14.2. The summed E-state index contributed by atoms with van der Waals surface area (Å²) in [4.78, 5) is 23.8. The number of hydrogen-bond donors (Lipinski definition) is 3. The molecular formula is C30H32Cl2F2N4O3. The summed E-state index contributed by atoms with van der Waals surface area (Å²) in [5.74, 6) is -1.69. The Bertz CT molecular complexity index is 1430. The van der Waals surface area contributed by atoms with Gasteiger partial charge in [-0.25, -0.2) is 13.6 Å². The molecule has 1 amide bonds. The van der Waals surface area contributed by atoms with Gasteiger partial charge in [-0.05, 0) is 54.7 Å². The van der Waals surface area contributed by atoms with Crippen molar-refractivity contribution in [3.05, 3.63) is 87.0 Å². The summed E-state index contributed by atoms with van der Waals surface area (Å²) in [5, 5.41) is 16.4. The number of benzene rings is 2. The number of carbonyl (C=O) groups is 2. The van der Waals surface area contributed by atoms with Crippen LogP contribution in [0.4, 0.5) is 14.6 Å². The summed E-state index contributed by atoms with van der Waals surface area (Å²) in [6.07, 6.45) is 1.14. The van der Waals surface area contributed by atoms with Crippen LogP contribution in [-0.2, 0) is 14.9 Å². The summed E-state index contributed by atoms with van der Waals surface area (Å²) in [5.41, 5.74) is -0.556. The highest BCUT2D eigenvalue weighted by Gasteiger charge is 2.55. The van der Waals surface area contributed by atoms with Crippen LogP contribution in [0, 0.1) is 28.4 Å². The first-order valence-electron chi connectivity index (χ1n) is 13.0. The fourth-order valence-electron chi connectivity index (χ4n) is 5.10. The summed E-state index contributed by atoms with van der Waals surface area (Å²) >= 11 is 11.9. The monoisotopic (exact) mass is 604 g/mol. The van der Waals surface area contributed by atoms with Crippen LogP contribution in [0.5, 0.6) is 0 Å². The molecule has 0 aliphatic carbocycles. The fourth-order valence-corrected chi connectivity index (χ4v) is 5.44. The molecular weight excluding hydrogens is 573 g/mol. The van der Waals surface area contributed by atoms with E-state index < -0.39 is 28.9 Å². The lowest BCUT2D eigenvalue weighted by molar-refractivity contribution is -0.105. The number of anilines is 1. The number of nitrogens with zero attached hydrogens (tertiary/aromatic N) is 1. The van der Waals surface area contributed by atoms with E-state index in [1.54, 1.807) is 43.3 Å². The first-order chi connectivity index (χ1) is 19.4. The van der Waals surface area contributed by atoms with Crippen LogP contribution in [-0.4, -0.2) is 36.6 Å². The number of aromatic nitrogens is 1. The first-order valence-corrected chi connectivity index (χ1v) is 13.7. The Morgan fingerprint density at radius 3 is 2.56 bits per heavy atom. The third-order valence-electron chi connectivity index (χ3n) is 6.80. The average molecular weight is 606 g/mol. The second kappa shape index (κ2) is 13.5. The molecule has 1 aromatic heterocycles. The molecule has 0 spiro atoms. The van der Waals surface area contributed by atoms with Crippen molar-refractivity contribution in [2.75, 3.05) is 18.5 Å². The number of amides is 1. The standard InChI is InChI=1S/C22H22Cl2F2N2.C8H10N2O3/c1-21(2,3)10-19-22(12-27,15-8-7-13(23)9-18(15)25)16(11-28-19)14-5-4-6-17(24)20(14)26;1-2-13-8(12)6-3-4-7(10-6)9-5-11/h4-9,16,19,28H,10-11H2,1-3H3;3-5,10H,2H2,1H3,(H,9,11)/t16?,19?,22-;/m1./s1. The number of halogens is 4. The third kappa shape index (κ3) is 7.25.